The third-order valence-electron chi connectivity index (χ3n) is 3.63. The molecule has 0 aromatic heterocycles. The maximum absolute atomic E-state index is 12.5. The minimum atomic E-state index is -3.25. The number of rotatable bonds is 4. The Morgan fingerprint density at radius 2 is 1.82 bits per heavy atom. The Bertz CT molecular complexity index is 760. The summed E-state index contributed by atoms with van der Waals surface area (Å²) in [5.41, 5.74) is 1.14. The third-order valence-corrected chi connectivity index (χ3v) is 6.91. The van der Waals surface area contributed by atoms with Crippen molar-refractivity contribution in [1.29, 1.82) is 0 Å². The van der Waals surface area contributed by atoms with Crippen LogP contribution in [-0.2, 0) is 9.84 Å². The fourth-order valence-electron chi connectivity index (χ4n) is 2.45. The zero-order valence-corrected chi connectivity index (χ0v) is 15.1. The number of hydrogen-bond donors (Lipinski definition) is 0. The van der Waals surface area contributed by atoms with Crippen LogP contribution in [0.25, 0.3) is 0 Å². The van der Waals surface area contributed by atoms with Gasteiger partial charge in [-0.1, -0.05) is 28.1 Å². The second kappa shape index (κ2) is 6.64. The van der Waals surface area contributed by atoms with E-state index in [1.807, 2.05) is 23.9 Å². The van der Waals surface area contributed by atoms with E-state index in [0.29, 0.717) is 11.4 Å². The fourth-order valence-corrected chi connectivity index (χ4v) is 5.01. The van der Waals surface area contributed by atoms with Gasteiger partial charge in [0.25, 0.3) is 0 Å². The van der Waals surface area contributed by atoms with Crippen molar-refractivity contribution in [3.63, 3.8) is 0 Å². The van der Waals surface area contributed by atoms with E-state index in [-0.39, 0.29) is 5.75 Å². The Morgan fingerprint density at radius 1 is 1.09 bits per heavy atom. The number of para-hydroxylation sites is 1. The predicted molar refractivity (Wildman–Crippen MR) is 95.6 cm³/mol. The highest BCUT2D eigenvalue weighted by atomic mass is 79.9. The summed E-state index contributed by atoms with van der Waals surface area (Å²) in [5.74, 6) is 1.13. The zero-order chi connectivity index (χ0) is 15.6. The number of sulfone groups is 1. The smallest absolute Gasteiger partial charge is 0.180 e. The molecule has 0 aliphatic carbocycles. The van der Waals surface area contributed by atoms with E-state index < -0.39 is 9.84 Å². The Morgan fingerprint density at radius 3 is 2.59 bits per heavy atom. The summed E-state index contributed by atoms with van der Waals surface area (Å²) in [5, 5.41) is 0. The molecule has 2 aromatic rings. The molecule has 0 radical (unpaired) electrons. The quantitative estimate of drug-likeness (QED) is 0.785. The minimum Gasteiger partial charge on any atom is -0.369 e. The molecule has 3 rings (SSSR count). The molecule has 2 aromatic carbocycles. The first-order valence-electron chi connectivity index (χ1n) is 7.01. The predicted octanol–water partition coefficient (Wildman–Crippen LogP) is 3.84. The van der Waals surface area contributed by atoms with Gasteiger partial charge in [-0.2, -0.15) is 0 Å². The molecule has 0 bridgehead atoms. The van der Waals surface area contributed by atoms with Crippen LogP contribution < -0.4 is 4.90 Å². The highest BCUT2D eigenvalue weighted by Gasteiger charge is 2.20. The molecule has 116 valence electrons. The van der Waals surface area contributed by atoms with Gasteiger partial charge in [0.1, 0.15) is 0 Å². The molecule has 0 atom stereocenters. The first kappa shape index (κ1) is 15.9. The summed E-state index contributed by atoms with van der Waals surface area (Å²) in [7, 11) is -3.25. The molecule has 3 nitrogen and oxygen atoms in total. The molecule has 0 unspecified atom stereocenters. The number of thioether (sulfide) groups is 1. The van der Waals surface area contributed by atoms with Crippen LogP contribution >= 0.6 is 27.7 Å². The molecular formula is C16H16BrNO2S2. The van der Waals surface area contributed by atoms with Crippen molar-refractivity contribution in [2.24, 2.45) is 0 Å². The largest absolute Gasteiger partial charge is 0.369 e. The van der Waals surface area contributed by atoms with Gasteiger partial charge in [-0.3, -0.25) is 0 Å². The van der Waals surface area contributed by atoms with Gasteiger partial charge in [0.05, 0.1) is 16.3 Å². The molecule has 0 amide bonds. The molecule has 0 N–H and O–H groups in total. The summed E-state index contributed by atoms with van der Waals surface area (Å²) < 4.78 is 25.8. The Kier molecular flexibility index (Phi) is 4.80. The molecule has 0 fully saturated rings. The lowest BCUT2D eigenvalue weighted by Crippen LogP contribution is -2.33. The van der Waals surface area contributed by atoms with Crippen LogP contribution in [0, 0.1) is 0 Å². The van der Waals surface area contributed by atoms with Gasteiger partial charge < -0.3 is 4.90 Å². The summed E-state index contributed by atoms with van der Waals surface area (Å²) in [6.45, 7) is 1.41. The van der Waals surface area contributed by atoms with Gasteiger partial charge in [0, 0.05) is 28.2 Å². The number of benzene rings is 2. The van der Waals surface area contributed by atoms with Crippen molar-refractivity contribution >= 4 is 43.2 Å². The van der Waals surface area contributed by atoms with Crippen molar-refractivity contribution in [1.82, 2.24) is 0 Å². The monoisotopic (exact) mass is 397 g/mol. The van der Waals surface area contributed by atoms with Crippen molar-refractivity contribution < 1.29 is 8.42 Å². The standard InChI is InChI=1S/C16H16BrNO2S2/c17-13-5-7-14(8-6-13)22(19,20)12-10-18-9-11-21-16-4-2-1-3-15(16)18/h1-8H,9-12H2. The Hall–Kier alpha value is -0.980. The van der Waals surface area contributed by atoms with Crippen LogP contribution in [0.4, 0.5) is 5.69 Å². The summed E-state index contributed by atoms with van der Waals surface area (Å²) in [6, 6.07) is 15.0. The Balaban J connectivity index is 1.74. The number of nitrogens with zero attached hydrogens (tertiary/aromatic N) is 1. The second-order valence-electron chi connectivity index (χ2n) is 5.08. The molecular weight excluding hydrogens is 382 g/mol. The molecule has 0 saturated heterocycles. The molecule has 1 heterocycles. The fraction of sp³-hybridized carbons (Fsp3) is 0.250. The topological polar surface area (TPSA) is 37.4 Å². The SMILES string of the molecule is O=S(=O)(CCN1CCSc2ccccc21)c1ccc(Br)cc1. The molecule has 22 heavy (non-hydrogen) atoms. The molecule has 6 heteroatoms. The van der Waals surface area contributed by atoms with Crippen LogP contribution in [0.5, 0.6) is 0 Å². The van der Waals surface area contributed by atoms with Gasteiger partial charge in [-0.15, -0.1) is 11.8 Å². The molecule has 0 saturated carbocycles. The zero-order valence-electron chi connectivity index (χ0n) is 11.9. The highest BCUT2D eigenvalue weighted by molar-refractivity contribution is 9.10. The van der Waals surface area contributed by atoms with E-state index in [2.05, 4.69) is 33.0 Å². The van der Waals surface area contributed by atoms with E-state index in [1.165, 1.54) is 4.90 Å². The number of halogens is 1. The van der Waals surface area contributed by atoms with E-state index >= 15 is 0 Å². The first-order valence-corrected chi connectivity index (χ1v) is 10.4. The van der Waals surface area contributed by atoms with Gasteiger partial charge in [-0.25, -0.2) is 8.42 Å². The van der Waals surface area contributed by atoms with Crippen LogP contribution in [-0.4, -0.2) is 33.0 Å². The number of hydrogen-bond acceptors (Lipinski definition) is 4. The molecule has 1 aliphatic heterocycles. The second-order valence-corrected chi connectivity index (χ2v) is 9.24. The van der Waals surface area contributed by atoms with Crippen LogP contribution in [0.15, 0.2) is 62.8 Å². The maximum Gasteiger partial charge on any atom is 0.180 e. The lowest BCUT2D eigenvalue weighted by molar-refractivity contribution is 0.594. The van der Waals surface area contributed by atoms with E-state index in [1.54, 1.807) is 24.3 Å². The number of fused-ring (bicyclic) bond motifs is 1. The van der Waals surface area contributed by atoms with Crippen molar-refractivity contribution in [2.75, 3.05) is 29.5 Å². The average molecular weight is 398 g/mol. The van der Waals surface area contributed by atoms with Gasteiger partial charge >= 0.3 is 0 Å². The van der Waals surface area contributed by atoms with Gasteiger partial charge in [0.15, 0.2) is 9.84 Å². The van der Waals surface area contributed by atoms with Crippen molar-refractivity contribution in [2.45, 2.75) is 9.79 Å². The van der Waals surface area contributed by atoms with Crippen molar-refractivity contribution in [3.05, 3.63) is 53.0 Å². The normalized spacial score (nSPS) is 14.7. The Labute approximate surface area is 143 Å². The third kappa shape index (κ3) is 3.50. The van der Waals surface area contributed by atoms with E-state index in [4.69, 9.17) is 0 Å². The summed E-state index contributed by atoms with van der Waals surface area (Å²) >= 11 is 5.15. The average Bonchev–Trinajstić information content (AvgIpc) is 2.53. The maximum atomic E-state index is 12.5. The lowest BCUT2D eigenvalue weighted by Gasteiger charge is -2.30. The van der Waals surface area contributed by atoms with Gasteiger partial charge in [-0.05, 0) is 36.4 Å². The van der Waals surface area contributed by atoms with E-state index in [9.17, 15) is 8.42 Å². The minimum absolute atomic E-state index is 0.133. The van der Waals surface area contributed by atoms with Crippen LogP contribution in [0.1, 0.15) is 0 Å². The summed E-state index contributed by atoms with van der Waals surface area (Å²) in [6.07, 6.45) is 0. The summed E-state index contributed by atoms with van der Waals surface area (Å²) in [4.78, 5) is 3.78. The highest BCUT2D eigenvalue weighted by Crippen LogP contribution is 2.34. The van der Waals surface area contributed by atoms with E-state index in [0.717, 1.165) is 22.5 Å². The molecule has 0 spiro atoms. The van der Waals surface area contributed by atoms with Crippen LogP contribution in [0.3, 0.4) is 0 Å². The first-order chi connectivity index (χ1) is 10.6. The van der Waals surface area contributed by atoms with Crippen molar-refractivity contribution in [3.8, 4) is 0 Å². The molecule has 1 aliphatic rings. The van der Waals surface area contributed by atoms with Gasteiger partial charge in [0.2, 0.25) is 0 Å². The lowest BCUT2D eigenvalue weighted by atomic mass is 10.3. The number of anilines is 1. The van der Waals surface area contributed by atoms with Crippen LogP contribution in [0.2, 0.25) is 0 Å².